The van der Waals surface area contributed by atoms with Crippen LogP contribution in [-0.2, 0) is 16.8 Å². The molecule has 1 aromatic carbocycles. The summed E-state index contributed by atoms with van der Waals surface area (Å²) in [6, 6.07) is 6.13. The lowest BCUT2D eigenvalue weighted by Gasteiger charge is -2.50. The number of hydrogen-bond donors (Lipinski definition) is 2. The van der Waals surface area contributed by atoms with E-state index in [1.807, 2.05) is 17.6 Å². The van der Waals surface area contributed by atoms with Crippen LogP contribution in [0.1, 0.15) is 67.3 Å². The van der Waals surface area contributed by atoms with E-state index in [0.717, 1.165) is 67.3 Å². The number of hydrogen-bond acceptors (Lipinski definition) is 6. The number of benzene rings is 1. The predicted molar refractivity (Wildman–Crippen MR) is 141 cm³/mol. The summed E-state index contributed by atoms with van der Waals surface area (Å²) < 4.78 is 5.50. The number of aromatic nitrogens is 2. The van der Waals surface area contributed by atoms with Crippen molar-refractivity contribution >= 4 is 28.1 Å². The lowest BCUT2D eigenvalue weighted by atomic mass is 9.68. The molecule has 1 saturated heterocycles. The molecule has 8 heteroatoms. The van der Waals surface area contributed by atoms with Gasteiger partial charge in [0, 0.05) is 65.2 Å². The number of piperidine rings is 1. The topological polar surface area (TPSA) is 81.7 Å². The van der Waals surface area contributed by atoms with Gasteiger partial charge < -0.3 is 19.7 Å². The Morgan fingerprint density at radius 3 is 2.75 bits per heavy atom. The quantitative estimate of drug-likeness (QED) is 0.526. The van der Waals surface area contributed by atoms with Crippen molar-refractivity contribution in [2.75, 3.05) is 33.4 Å². The Morgan fingerprint density at radius 2 is 2.06 bits per heavy atom. The van der Waals surface area contributed by atoms with Crippen molar-refractivity contribution in [1.82, 2.24) is 19.8 Å². The number of fused-ring (bicyclic) bond motifs is 4. The molecule has 2 aliphatic heterocycles. The molecule has 2 fully saturated rings. The molecule has 1 spiro atoms. The number of ether oxygens (including phenoxy) is 1. The summed E-state index contributed by atoms with van der Waals surface area (Å²) in [7, 11) is 1.69. The number of nitrogens with zero attached hydrogens (tertiary/aromatic N) is 3. The van der Waals surface area contributed by atoms with Crippen LogP contribution in [0.3, 0.4) is 0 Å². The molecule has 0 bridgehead atoms. The summed E-state index contributed by atoms with van der Waals surface area (Å²) in [4.78, 5) is 26.1. The molecule has 1 amide bonds. The second-order valence-corrected chi connectivity index (χ2v) is 11.8. The van der Waals surface area contributed by atoms with E-state index in [9.17, 15) is 9.90 Å². The number of nitrogens with one attached hydrogen (secondary N) is 1. The molecule has 36 heavy (non-hydrogen) atoms. The first kappa shape index (κ1) is 23.9. The minimum Gasteiger partial charge on any atom is -0.497 e. The first-order valence-electron chi connectivity index (χ1n) is 13.3. The molecule has 3 aliphatic rings. The van der Waals surface area contributed by atoms with E-state index in [4.69, 9.17) is 4.74 Å². The van der Waals surface area contributed by atoms with Crippen LogP contribution in [0.2, 0.25) is 0 Å². The maximum atomic E-state index is 13.3. The maximum Gasteiger partial charge on any atom is 0.225 e. The van der Waals surface area contributed by atoms with E-state index in [2.05, 4.69) is 31.9 Å². The van der Waals surface area contributed by atoms with Gasteiger partial charge in [0.15, 0.2) is 0 Å². The predicted octanol–water partition coefficient (Wildman–Crippen LogP) is 4.62. The highest BCUT2D eigenvalue weighted by Gasteiger charge is 2.48. The molecule has 192 valence electrons. The molecule has 3 aromatic rings. The van der Waals surface area contributed by atoms with Gasteiger partial charge in [-0.15, -0.1) is 11.3 Å². The van der Waals surface area contributed by atoms with Crippen LogP contribution >= 0.6 is 11.3 Å². The summed E-state index contributed by atoms with van der Waals surface area (Å²) in [6.45, 7) is 3.21. The molecule has 6 rings (SSSR count). The van der Waals surface area contributed by atoms with Gasteiger partial charge in [0.1, 0.15) is 10.8 Å². The van der Waals surface area contributed by atoms with Crippen LogP contribution in [-0.4, -0.2) is 64.1 Å². The number of thiazole rings is 1. The molecule has 7 nitrogen and oxygen atoms in total. The molecular formula is C28H36N4O3S. The summed E-state index contributed by atoms with van der Waals surface area (Å²) in [6.07, 6.45) is 9.46. The van der Waals surface area contributed by atoms with Gasteiger partial charge in [0.2, 0.25) is 5.91 Å². The number of likely N-dealkylation sites (tertiary alicyclic amines) is 1. The number of carbonyl (C=O) groups excluding carboxylic acids is 1. The highest BCUT2D eigenvalue weighted by molar-refractivity contribution is 7.09. The molecule has 0 unspecified atom stereocenters. The Morgan fingerprint density at radius 1 is 1.25 bits per heavy atom. The first-order valence-corrected chi connectivity index (χ1v) is 14.2. The fourth-order valence-electron chi connectivity index (χ4n) is 6.95. The zero-order valence-corrected chi connectivity index (χ0v) is 21.9. The number of aliphatic hydroxyl groups is 1. The first-order chi connectivity index (χ1) is 17.6. The molecule has 1 aliphatic carbocycles. The SMILES string of the molecule is COc1ccc2c3c([nH]c2c1)[C@@H](CO)N(Cc1nccs1)CC31CCN(C(=O)C2CCCCC2)CC1. The minimum absolute atomic E-state index is 0.0463. The normalized spacial score (nSPS) is 22.7. The molecule has 1 atom stereocenters. The van der Waals surface area contributed by atoms with Crippen LogP contribution in [0.15, 0.2) is 29.8 Å². The standard InChI is InChI=1S/C28H36N4O3S/c1-35-20-7-8-21-22(15-20)30-26-23(17-33)32(16-24-29-11-14-36-24)18-28(25(21)26)9-12-31(13-10-28)27(34)19-5-3-2-4-6-19/h7-8,11,14-15,19,23,30,33H,2-6,9-10,12-13,16-18H2,1H3/t23-/m1/s1. The maximum absolute atomic E-state index is 13.3. The van der Waals surface area contributed by atoms with Crippen molar-refractivity contribution in [1.29, 1.82) is 0 Å². The fraction of sp³-hybridized carbons (Fsp3) is 0.571. The second-order valence-electron chi connectivity index (χ2n) is 10.8. The Kier molecular flexibility index (Phi) is 6.52. The van der Waals surface area contributed by atoms with Gasteiger partial charge >= 0.3 is 0 Å². The van der Waals surface area contributed by atoms with E-state index in [1.54, 1.807) is 18.4 Å². The third-order valence-corrected chi connectivity index (χ3v) is 9.59. The van der Waals surface area contributed by atoms with Crippen LogP contribution in [0.5, 0.6) is 5.75 Å². The van der Waals surface area contributed by atoms with Crippen molar-refractivity contribution in [3.8, 4) is 5.75 Å². The molecule has 2 N–H and O–H groups in total. The van der Waals surface area contributed by atoms with Gasteiger partial charge in [-0.25, -0.2) is 4.98 Å². The third kappa shape index (κ3) is 4.13. The highest BCUT2D eigenvalue weighted by Crippen LogP contribution is 2.49. The van der Waals surface area contributed by atoms with E-state index in [0.29, 0.717) is 12.5 Å². The number of methoxy groups -OCH3 is 1. The lowest BCUT2D eigenvalue weighted by Crippen LogP contribution is -2.55. The van der Waals surface area contributed by atoms with Gasteiger partial charge in [-0.2, -0.15) is 0 Å². The van der Waals surface area contributed by atoms with Gasteiger partial charge in [-0.05, 0) is 43.4 Å². The Labute approximate surface area is 216 Å². The van der Waals surface area contributed by atoms with Gasteiger partial charge in [0.25, 0.3) is 0 Å². The van der Waals surface area contributed by atoms with Crippen LogP contribution < -0.4 is 4.74 Å². The van der Waals surface area contributed by atoms with Gasteiger partial charge in [-0.3, -0.25) is 9.69 Å². The molecule has 0 radical (unpaired) electrons. The molecule has 4 heterocycles. The average Bonchev–Trinajstić information content (AvgIpc) is 3.57. The van der Waals surface area contributed by atoms with Gasteiger partial charge in [0.05, 0.1) is 26.3 Å². The van der Waals surface area contributed by atoms with Gasteiger partial charge in [-0.1, -0.05) is 19.3 Å². The van der Waals surface area contributed by atoms with E-state index < -0.39 is 0 Å². The van der Waals surface area contributed by atoms with E-state index >= 15 is 0 Å². The molecule has 1 saturated carbocycles. The van der Waals surface area contributed by atoms with E-state index in [1.165, 1.54) is 30.2 Å². The Hall–Kier alpha value is -2.42. The molecular weight excluding hydrogens is 472 g/mol. The fourth-order valence-corrected chi connectivity index (χ4v) is 7.60. The number of H-pyrrole nitrogens is 1. The van der Waals surface area contributed by atoms with E-state index in [-0.39, 0.29) is 24.0 Å². The zero-order valence-electron chi connectivity index (χ0n) is 21.0. The largest absolute Gasteiger partial charge is 0.497 e. The van der Waals surface area contributed by atoms with Crippen molar-refractivity contribution in [2.45, 2.75) is 62.9 Å². The lowest BCUT2D eigenvalue weighted by molar-refractivity contribution is -0.138. The third-order valence-electron chi connectivity index (χ3n) is 8.83. The molecule has 2 aromatic heterocycles. The monoisotopic (exact) mass is 508 g/mol. The van der Waals surface area contributed by atoms with Crippen molar-refractivity contribution in [2.24, 2.45) is 5.92 Å². The Balaban J connectivity index is 1.36. The summed E-state index contributed by atoms with van der Waals surface area (Å²) in [5.41, 5.74) is 3.41. The van der Waals surface area contributed by atoms with Crippen LogP contribution in [0.25, 0.3) is 10.9 Å². The van der Waals surface area contributed by atoms with Crippen molar-refractivity contribution < 1.29 is 14.6 Å². The highest BCUT2D eigenvalue weighted by atomic mass is 32.1. The van der Waals surface area contributed by atoms with Crippen LogP contribution in [0, 0.1) is 5.92 Å². The second kappa shape index (κ2) is 9.80. The number of amides is 1. The van der Waals surface area contributed by atoms with Crippen LogP contribution in [0.4, 0.5) is 0 Å². The summed E-state index contributed by atoms with van der Waals surface area (Å²) in [5, 5.41) is 14.8. The van der Waals surface area contributed by atoms with Crippen molar-refractivity contribution in [3.63, 3.8) is 0 Å². The summed E-state index contributed by atoms with van der Waals surface area (Å²) in [5.74, 6) is 1.41. The zero-order chi connectivity index (χ0) is 24.7. The minimum atomic E-state index is -0.116. The Bertz CT molecular complexity index is 1210. The average molecular weight is 509 g/mol. The number of carbonyl (C=O) groups is 1. The smallest absolute Gasteiger partial charge is 0.225 e. The number of aliphatic hydroxyl groups excluding tert-OH is 1. The number of aromatic amines is 1. The van der Waals surface area contributed by atoms with Crippen molar-refractivity contribution in [3.05, 3.63) is 46.0 Å². The number of rotatable bonds is 5. The summed E-state index contributed by atoms with van der Waals surface area (Å²) >= 11 is 1.66.